The van der Waals surface area contributed by atoms with Crippen LogP contribution in [0.3, 0.4) is 0 Å². The second-order valence-electron chi connectivity index (χ2n) is 6.17. The molecule has 0 unspecified atom stereocenters. The van der Waals surface area contributed by atoms with Crippen LogP contribution in [0, 0.1) is 0 Å². The summed E-state index contributed by atoms with van der Waals surface area (Å²) in [6, 6.07) is 8.57. The SMILES string of the molecule is CCCCCCN(C)Nc1ccc(SC)cc1.CCNCCCCN. The third-order valence-corrected chi connectivity index (χ3v) is 4.56. The molecule has 0 saturated heterocycles. The Morgan fingerprint density at radius 3 is 2.28 bits per heavy atom. The minimum Gasteiger partial charge on any atom is -0.330 e. The van der Waals surface area contributed by atoms with Gasteiger partial charge in [0.25, 0.3) is 0 Å². The van der Waals surface area contributed by atoms with Crippen LogP contribution in [0.1, 0.15) is 52.4 Å². The molecule has 1 rings (SSSR count). The van der Waals surface area contributed by atoms with E-state index in [0.29, 0.717) is 0 Å². The zero-order valence-electron chi connectivity index (χ0n) is 16.8. The highest BCUT2D eigenvalue weighted by Gasteiger charge is 1.98. The van der Waals surface area contributed by atoms with Gasteiger partial charge in [0, 0.05) is 24.2 Å². The Kier molecular flexibility index (Phi) is 17.5. The molecule has 1 aromatic carbocycles. The van der Waals surface area contributed by atoms with E-state index in [1.807, 2.05) is 0 Å². The molecule has 25 heavy (non-hydrogen) atoms. The third-order valence-electron chi connectivity index (χ3n) is 3.81. The topological polar surface area (TPSA) is 53.3 Å². The lowest BCUT2D eigenvalue weighted by Gasteiger charge is -2.19. The van der Waals surface area contributed by atoms with Gasteiger partial charge in [-0.25, -0.2) is 5.01 Å². The van der Waals surface area contributed by atoms with E-state index in [4.69, 9.17) is 5.73 Å². The molecule has 4 nitrogen and oxygen atoms in total. The lowest BCUT2D eigenvalue weighted by atomic mass is 10.2. The smallest absolute Gasteiger partial charge is 0.0490 e. The molecule has 0 aliphatic heterocycles. The number of nitrogens with two attached hydrogens (primary N) is 1. The van der Waals surface area contributed by atoms with Crippen LogP contribution in [0.15, 0.2) is 29.2 Å². The molecule has 0 aliphatic carbocycles. The number of rotatable bonds is 13. The van der Waals surface area contributed by atoms with E-state index < -0.39 is 0 Å². The van der Waals surface area contributed by atoms with Crippen LogP contribution in [0.5, 0.6) is 0 Å². The molecule has 4 N–H and O–H groups in total. The van der Waals surface area contributed by atoms with E-state index in [1.54, 1.807) is 11.8 Å². The molecule has 1 aromatic rings. The van der Waals surface area contributed by atoms with Crippen molar-refractivity contribution in [2.45, 2.75) is 57.3 Å². The molecule has 0 heterocycles. The Morgan fingerprint density at radius 2 is 1.72 bits per heavy atom. The first-order valence-electron chi connectivity index (χ1n) is 9.70. The fraction of sp³-hybridized carbons (Fsp3) is 0.700. The van der Waals surface area contributed by atoms with Crippen molar-refractivity contribution in [1.29, 1.82) is 0 Å². The number of thioether (sulfide) groups is 1. The first kappa shape index (κ1) is 24.2. The fourth-order valence-corrected chi connectivity index (χ4v) is 2.70. The van der Waals surface area contributed by atoms with Gasteiger partial charge in [-0.2, -0.15) is 0 Å². The third kappa shape index (κ3) is 15.2. The minimum atomic E-state index is 0.825. The number of nitrogens with zero attached hydrogens (tertiary/aromatic N) is 1. The van der Waals surface area contributed by atoms with Gasteiger partial charge in [-0.05, 0) is 69.4 Å². The zero-order chi connectivity index (χ0) is 18.8. The van der Waals surface area contributed by atoms with Crippen LogP contribution in [0.4, 0.5) is 5.69 Å². The second kappa shape index (κ2) is 18.1. The maximum Gasteiger partial charge on any atom is 0.0490 e. The average Bonchev–Trinajstić information content (AvgIpc) is 2.64. The van der Waals surface area contributed by atoms with Crippen LogP contribution >= 0.6 is 11.8 Å². The Bertz CT molecular complexity index is 378. The highest BCUT2D eigenvalue weighted by molar-refractivity contribution is 7.98. The number of benzene rings is 1. The summed E-state index contributed by atoms with van der Waals surface area (Å²) in [6.07, 6.45) is 9.69. The Morgan fingerprint density at radius 1 is 1.00 bits per heavy atom. The Balaban J connectivity index is 0.000000609. The van der Waals surface area contributed by atoms with Gasteiger partial charge >= 0.3 is 0 Å². The van der Waals surface area contributed by atoms with Crippen molar-refractivity contribution in [1.82, 2.24) is 10.3 Å². The molecule has 0 aliphatic rings. The van der Waals surface area contributed by atoms with Crippen molar-refractivity contribution in [3.05, 3.63) is 24.3 Å². The number of unbranched alkanes of at least 4 members (excludes halogenated alkanes) is 4. The highest BCUT2D eigenvalue weighted by atomic mass is 32.2. The summed E-state index contributed by atoms with van der Waals surface area (Å²) in [4.78, 5) is 1.31. The molecule has 0 saturated carbocycles. The van der Waals surface area contributed by atoms with E-state index in [9.17, 15) is 0 Å². The van der Waals surface area contributed by atoms with Gasteiger partial charge in [-0.3, -0.25) is 0 Å². The molecular formula is C20H40N4S. The van der Waals surface area contributed by atoms with Crippen LogP contribution in [-0.2, 0) is 0 Å². The monoisotopic (exact) mass is 368 g/mol. The van der Waals surface area contributed by atoms with Gasteiger partial charge in [0.15, 0.2) is 0 Å². The summed E-state index contributed by atoms with van der Waals surface area (Å²) in [7, 11) is 2.11. The quantitative estimate of drug-likeness (QED) is 0.270. The van der Waals surface area contributed by atoms with Crippen LogP contribution < -0.4 is 16.5 Å². The van der Waals surface area contributed by atoms with Crippen molar-refractivity contribution in [3.63, 3.8) is 0 Å². The van der Waals surface area contributed by atoms with E-state index in [0.717, 1.165) is 32.6 Å². The number of anilines is 1. The first-order chi connectivity index (χ1) is 12.2. The number of hydrogen-bond acceptors (Lipinski definition) is 5. The average molecular weight is 369 g/mol. The molecule has 146 valence electrons. The molecule has 0 aromatic heterocycles. The molecule has 0 radical (unpaired) electrons. The normalized spacial score (nSPS) is 10.5. The maximum absolute atomic E-state index is 5.28. The van der Waals surface area contributed by atoms with Crippen LogP contribution in [0.25, 0.3) is 0 Å². The number of nitrogens with one attached hydrogen (secondary N) is 2. The van der Waals surface area contributed by atoms with Crippen molar-refractivity contribution < 1.29 is 0 Å². The van der Waals surface area contributed by atoms with Gasteiger partial charge in [0.1, 0.15) is 0 Å². The van der Waals surface area contributed by atoms with Gasteiger partial charge in [-0.1, -0.05) is 33.1 Å². The second-order valence-corrected chi connectivity index (χ2v) is 7.05. The summed E-state index contributed by atoms with van der Waals surface area (Å²) < 4.78 is 0. The summed E-state index contributed by atoms with van der Waals surface area (Å²) in [5, 5.41) is 5.40. The largest absolute Gasteiger partial charge is 0.330 e. The standard InChI is InChI=1S/C14H24N2S.C6H16N2/c1-4-5-6-7-12-16(2)15-13-8-10-14(17-3)11-9-13;1-2-8-6-4-3-5-7/h8-11,15H,4-7,12H2,1-3H3;8H,2-7H2,1H3. The molecule has 5 heteroatoms. The Hall–Kier alpha value is -0.750. The van der Waals surface area contributed by atoms with Gasteiger partial charge in [0.2, 0.25) is 0 Å². The van der Waals surface area contributed by atoms with Gasteiger partial charge < -0.3 is 16.5 Å². The molecule has 0 amide bonds. The molecule has 0 bridgehead atoms. The predicted molar refractivity (Wildman–Crippen MR) is 115 cm³/mol. The molecule has 0 atom stereocenters. The van der Waals surface area contributed by atoms with E-state index in [1.165, 1.54) is 42.7 Å². The fourth-order valence-electron chi connectivity index (χ4n) is 2.29. The van der Waals surface area contributed by atoms with Crippen molar-refractivity contribution in [2.75, 3.05) is 44.9 Å². The number of hydrazine groups is 1. The summed E-state index contributed by atoms with van der Waals surface area (Å²) >= 11 is 1.77. The predicted octanol–water partition coefficient (Wildman–Crippen LogP) is 4.58. The van der Waals surface area contributed by atoms with E-state index in [2.05, 4.69) is 67.2 Å². The van der Waals surface area contributed by atoms with Gasteiger partial charge in [-0.15, -0.1) is 11.8 Å². The van der Waals surface area contributed by atoms with Crippen LogP contribution in [0.2, 0.25) is 0 Å². The summed E-state index contributed by atoms with van der Waals surface area (Å²) in [5.41, 5.74) is 9.84. The van der Waals surface area contributed by atoms with Crippen molar-refractivity contribution in [3.8, 4) is 0 Å². The van der Waals surface area contributed by atoms with Crippen molar-refractivity contribution >= 4 is 17.4 Å². The Labute approximate surface area is 160 Å². The van der Waals surface area contributed by atoms with E-state index >= 15 is 0 Å². The molecule has 0 fully saturated rings. The minimum absolute atomic E-state index is 0.825. The highest BCUT2D eigenvalue weighted by Crippen LogP contribution is 2.17. The number of hydrogen-bond donors (Lipinski definition) is 3. The van der Waals surface area contributed by atoms with Crippen molar-refractivity contribution in [2.24, 2.45) is 5.73 Å². The van der Waals surface area contributed by atoms with Gasteiger partial charge in [0.05, 0.1) is 0 Å². The first-order valence-corrected chi connectivity index (χ1v) is 10.9. The molecular weight excluding hydrogens is 328 g/mol. The zero-order valence-corrected chi connectivity index (χ0v) is 17.6. The summed E-state index contributed by atoms with van der Waals surface area (Å²) in [5.74, 6) is 0. The molecule has 0 spiro atoms. The lowest BCUT2D eigenvalue weighted by Crippen LogP contribution is -2.26. The van der Waals surface area contributed by atoms with E-state index in [-0.39, 0.29) is 0 Å². The maximum atomic E-state index is 5.28. The van der Waals surface area contributed by atoms with Crippen LogP contribution in [-0.4, -0.2) is 44.5 Å². The lowest BCUT2D eigenvalue weighted by molar-refractivity contribution is 0.385. The summed E-state index contributed by atoms with van der Waals surface area (Å²) in [6.45, 7) is 8.48.